The van der Waals surface area contributed by atoms with Crippen molar-refractivity contribution in [1.29, 1.82) is 0 Å². The number of amides is 1. The Kier molecular flexibility index (Phi) is 6.25. The molecular weight excluding hydrogens is 426 g/mol. The lowest BCUT2D eigenvalue weighted by Gasteiger charge is -2.13. The minimum atomic E-state index is -0.106. The van der Waals surface area contributed by atoms with Crippen molar-refractivity contribution in [3.05, 3.63) is 86.5 Å². The number of carbonyl (C=O) groups is 1. The third-order valence-corrected chi connectivity index (χ3v) is 6.97. The van der Waals surface area contributed by atoms with Gasteiger partial charge in [0.2, 0.25) is 5.91 Å². The highest BCUT2D eigenvalue weighted by molar-refractivity contribution is 7.99. The minimum Gasteiger partial charge on any atom is -0.351 e. The van der Waals surface area contributed by atoms with Crippen LogP contribution in [0.1, 0.15) is 22.3 Å². The van der Waals surface area contributed by atoms with E-state index in [1.807, 2.05) is 74.7 Å². The van der Waals surface area contributed by atoms with E-state index in [0.717, 1.165) is 22.4 Å². The molecule has 0 saturated carbocycles. The Balaban J connectivity index is 1.57. The summed E-state index contributed by atoms with van der Waals surface area (Å²) in [5.41, 5.74) is 5.81. The van der Waals surface area contributed by atoms with E-state index in [0.29, 0.717) is 21.9 Å². The average molecular weight is 450 g/mol. The Bertz CT molecular complexity index is 1310. The summed E-state index contributed by atoms with van der Waals surface area (Å²) in [5, 5.41) is 5.32. The fraction of sp³-hybridized carbons (Fsp3) is 0.208. The smallest absolute Gasteiger partial charge is 0.276 e. The maximum Gasteiger partial charge on any atom is 0.276 e. The minimum absolute atomic E-state index is 0.100. The topological polar surface area (TPSA) is 64.0 Å². The Hall–Kier alpha value is -2.90. The zero-order chi connectivity index (χ0) is 22.0. The van der Waals surface area contributed by atoms with E-state index < -0.39 is 0 Å². The highest BCUT2D eigenvalue weighted by Gasteiger charge is 2.16. The van der Waals surface area contributed by atoms with E-state index in [1.165, 1.54) is 28.7 Å². The molecular formula is C24H23N3O2S2. The fourth-order valence-electron chi connectivity index (χ4n) is 3.17. The third-order valence-electron chi connectivity index (χ3n) is 5.14. The summed E-state index contributed by atoms with van der Waals surface area (Å²) >= 11 is 2.66. The summed E-state index contributed by atoms with van der Waals surface area (Å²) < 4.78 is 2.23. The van der Waals surface area contributed by atoms with Crippen LogP contribution in [0.2, 0.25) is 0 Å². The summed E-state index contributed by atoms with van der Waals surface area (Å²) in [6, 6.07) is 15.8. The van der Waals surface area contributed by atoms with Crippen LogP contribution in [0.3, 0.4) is 0 Å². The average Bonchev–Trinajstić information content (AvgIpc) is 3.23. The second kappa shape index (κ2) is 9.08. The number of aryl methyl sites for hydroxylation is 3. The first-order valence-electron chi connectivity index (χ1n) is 9.95. The SMILES string of the molecule is Cc1ccc(CNC(=O)CSc2nc3ccsc3c(=O)n2-c2ccc(C)c(C)c2)cc1. The van der Waals surface area contributed by atoms with E-state index >= 15 is 0 Å². The first kappa shape index (κ1) is 21.3. The van der Waals surface area contributed by atoms with Crippen LogP contribution >= 0.6 is 23.1 Å². The number of hydrogen-bond acceptors (Lipinski definition) is 5. The fourth-order valence-corrected chi connectivity index (χ4v) is 4.77. The Morgan fingerprint density at radius 2 is 1.84 bits per heavy atom. The lowest BCUT2D eigenvalue weighted by molar-refractivity contribution is -0.118. The number of carbonyl (C=O) groups excluding carboxylic acids is 1. The van der Waals surface area contributed by atoms with Gasteiger partial charge in [0.15, 0.2) is 5.16 Å². The molecule has 0 aliphatic rings. The molecule has 31 heavy (non-hydrogen) atoms. The molecule has 0 bridgehead atoms. The van der Waals surface area contributed by atoms with Gasteiger partial charge in [0.05, 0.1) is 17.0 Å². The van der Waals surface area contributed by atoms with Gasteiger partial charge in [-0.15, -0.1) is 11.3 Å². The summed E-state index contributed by atoms with van der Waals surface area (Å²) in [4.78, 5) is 30.3. The monoisotopic (exact) mass is 449 g/mol. The van der Waals surface area contributed by atoms with Crippen LogP contribution in [0.25, 0.3) is 15.9 Å². The molecule has 4 rings (SSSR count). The van der Waals surface area contributed by atoms with Gasteiger partial charge in [-0.2, -0.15) is 0 Å². The summed E-state index contributed by atoms with van der Waals surface area (Å²) in [5.74, 6) is 0.0792. The molecule has 0 spiro atoms. The highest BCUT2D eigenvalue weighted by atomic mass is 32.2. The van der Waals surface area contributed by atoms with Crippen molar-refractivity contribution in [3.63, 3.8) is 0 Å². The number of benzene rings is 2. The number of nitrogens with zero attached hydrogens (tertiary/aromatic N) is 2. The van der Waals surface area contributed by atoms with Gasteiger partial charge in [-0.3, -0.25) is 14.2 Å². The van der Waals surface area contributed by atoms with Crippen molar-refractivity contribution < 1.29 is 4.79 Å². The van der Waals surface area contributed by atoms with E-state index in [-0.39, 0.29) is 17.2 Å². The largest absolute Gasteiger partial charge is 0.351 e. The van der Waals surface area contributed by atoms with Crippen LogP contribution < -0.4 is 10.9 Å². The Labute approximate surface area is 189 Å². The molecule has 0 aliphatic carbocycles. The quantitative estimate of drug-likeness (QED) is 0.340. The second-order valence-corrected chi connectivity index (χ2v) is 9.35. The van der Waals surface area contributed by atoms with Crippen molar-refractivity contribution in [2.24, 2.45) is 0 Å². The van der Waals surface area contributed by atoms with E-state index in [4.69, 9.17) is 0 Å². The van der Waals surface area contributed by atoms with E-state index in [2.05, 4.69) is 10.3 Å². The van der Waals surface area contributed by atoms with Crippen LogP contribution in [0.15, 0.2) is 63.9 Å². The molecule has 0 unspecified atom stereocenters. The first-order valence-corrected chi connectivity index (χ1v) is 11.8. The van der Waals surface area contributed by atoms with E-state index in [9.17, 15) is 9.59 Å². The van der Waals surface area contributed by atoms with Gasteiger partial charge in [-0.05, 0) is 61.0 Å². The van der Waals surface area contributed by atoms with Gasteiger partial charge in [0.1, 0.15) is 4.70 Å². The predicted molar refractivity (Wildman–Crippen MR) is 128 cm³/mol. The van der Waals surface area contributed by atoms with Crippen molar-refractivity contribution >= 4 is 39.2 Å². The van der Waals surface area contributed by atoms with Crippen LogP contribution in [0, 0.1) is 20.8 Å². The standard InChI is InChI=1S/C24H23N3O2S2/c1-15-4-7-18(8-5-15)13-25-21(28)14-31-24-26-20-10-11-30-22(20)23(29)27(24)19-9-6-16(2)17(3)12-19/h4-12H,13-14H2,1-3H3,(H,25,28). The number of fused-ring (bicyclic) bond motifs is 1. The molecule has 4 aromatic rings. The molecule has 0 fully saturated rings. The molecule has 7 heteroatoms. The van der Waals surface area contributed by atoms with Gasteiger partial charge in [0, 0.05) is 6.54 Å². The molecule has 5 nitrogen and oxygen atoms in total. The summed E-state index contributed by atoms with van der Waals surface area (Å²) in [6.45, 7) is 6.56. The maximum absolute atomic E-state index is 13.2. The predicted octanol–water partition coefficient (Wildman–Crippen LogP) is 4.78. The summed E-state index contributed by atoms with van der Waals surface area (Å²) in [7, 11) is 0. The maximum atomic E-state index is 13.2. The van der Waals surface area contributed by atoms with Gasteiger partial charge in [-0.1, -0.05) is 47.7 Å². The molecule has 2 heterocycles. The van der Waals surface area contributed by atoms with Crippen molar-refractivity contribution in [2.75, 3.05) is 5.75 Å². The number of rotatable bonds is 6. The lowest BCUT2D eigenvalue weighted by atomic mass is 10.1. The molecule has 158 valence electrons. The number of nitrogens with one attached hydrogen (secondary N) is 1. The van der Waals surface area contributed by atoms with Crippen molar-refractivity contribution in [1.82, 2.24) is 14.9 Å². The third kappa shape index (κ3) is 4.73. The van der Waals surface area contributed by atoms with Crippen LogP contribution in [0.5, 0.6) is 0 Å². The van der Waals surface area contributed by atoms with Gasteiger partial charge >= 0.3 is 0 Å². The first-order chi connectivity index (χ1) is 14.9. The molecule has 1 amide bonds. The van der Waals surface area contributed by atoms with Crippen LogP contribution in [0.4, 0.5) is 0 Å². The zero-order valence-electron chi connectivity index (χ0n) is 17.6. The van der Waals surface area contributed by atoms with Gasteiger partial charge < -0.3 is 5.32 Å². The lowest BCUT2D eigenvalue weighted by Crippen LogP contribution is -2.26. The highest BCUT2D eigenvalue weighted by Crippen LogP contribution is 2.24. The summed E-state index contributed by atoms with van der Waals surface area (Å²) in [6.07, 6.45) is 0. The van der Waals surface area contributed by atoms with Crippen LogP contribution in [-0.4, -0.2) is 21.2 Å². The van der Waals surface area contributed by atoms with Gasteiger partial charge in [-0.25, -0.2) is 4.98 Å². The van der Waals surface area contributed by atoms with Crippen LogP contribution in [-0.2, 0) is 11.3 Å². The number of hydrogen-bond donors (Lipinski definition) is 1. The number of thiophene rings is 1. The van der Waals surface area contributed by atoms with Crippen molar-refractivity contribution in [3.8, 4) is 5.69 Å². The zero-order valence-corrected chi connectivity index (χ0v) is 19.3. The number of aromatic nitrogens is 2. The van der Waals surface area contributed by atoms with Crippen molar-refractivity contribution in [2.45, 2.75) is 32.5 Å². The molecule has 2 aromatic heterocycles. The molecule has 0 atom stereocenters. The molecule has 0 aliphatic heterocycles. The molecule has 0 radical (unpaired) electrons. The molecule has 2 aromatic carbocycles. The molecule has 0 saturated heterocycles. The van der Waals surface area contributed by atoms with E-state index in [1.54, 1.807) is 4.57 Å². The second-order valence-electron chi connectivity index (χ2n) is 7.49. The molecule has 1 N–H and O–H groups in total. The Morgan fingerprint density at radius 1 is 1.06 bits per heavy atom. The Morgan fingerprint density at radius 3 is 2.58 bits per heavy atom. The normalized spacial score (nSPS) is 11.1. The van der Waals surface area contributed by atoms with Gasteiger partial charge in [0.25, 0.3) is 5.56 Å². The number of thioether (sulfide) groups is 1.